The minimum Gasteiger partial charge on any atom is -0.467 e. The van der Waals surface area contributed by atoms with E-state index in [0.717, 1.165) is 14.2 Å². The molecule has 0 aliphatic heterocycles. The predicted octanol–water partition coefficient (Wildman–Crippen LogP) is 1.40. The van der Waals surface area contributed by atoms with E-state index in [1.807, 2.05) is 0 Å². The second kappa shape index (κ2) is 8.73. The highest BCUT2D eigenvalue weighted by molar-refractivity contribution is 5.87. The molecular formula is C12H16F6N2O4. The Morgan fingerprint density at radius 3 is 2.00 bits per heavy atom. The first-order chi connectivity index (χ1) is 10.8. The highest BCUT2D eigenvalue weighted by Crippen LogP contribution is 2.18. The third-order valence-electron chi connectivity index (χ3n) is 2.87. The number of hydrogen-bond acceptors (Lipinski definition) is 4. The lowest BCUT2D eigenvalue weighted by molar-refractivity contribution is -0.184. The Morgan fingerprint density at radius 1 is 1.04 bits per heavy atom. The summed E-state index contributed by atoms with van der Waals surface area (Å²) in [4.78, 5) is 33.4. The molecule has 140 valence electrons. The largest absolute Gasteiger partial charge is 0.471 e. The van der Waals surface area contributed by atoms with Gasteiger partial charge in [0.15, 0.2) is 0 Å². The zero-order valence-electron chi connectivity index (χ0n) is 12.8. The van der Waals surface area contributed by atoms with Crippen molar-refractivity contribution < 1.29 is 45.5 Å². The zero-order valence-corrected chi connectivity index (χ0v) is 12.8. The van der Waals surface area contributed by atoms with Crippen molar-refractivity contribution in [2.45, 2.75) is 37.7 Å². The lowest BCUT2D eigenvalue weighted by Gasteiger charge is -2.20. The smallest absolute Gasteiger partial charge is 0.467 e. The number of carbonyl (C=O) groups excluding carboxylic acids is 3. The van der Waals surface area contributed by atoms with Crippen LogP contribution in [0.2, 0.25) is 0 Å². The number of esters is 1. The van der Waals surface area contributed by atoms with E-state index in [1.165, 1.54) is 5.32 Å². The number of alkyl halides is 6. The van der Waals surface area contributed by atoms with Gasteiger partial charge in [-0.1, -0.05) is 0 Å². The SMILES string of the molecule is COC(=O)C(CCCCN(C)C(=O)C(F)(F)F)NC(=O)C(F)(F)F. The van der Waals surface area contributed by atoms with Crippen LogP contribution in [0.3, 0.4) is 0 Å². The second-order valence-electron chi connectivity index (χ2n) is 4.77. The molecule has 0 bridgehead atoms. The average molecular weight is 366 g/mol. The molecule has 24 heavy (non-hydrogen) atoms. The van der Waals surface area contributed by atoms with Crippen molar-refractivity contribution in [3.05, 3.63) is 0 Å². The van der Waals surface area contributed by atoms with E-state index in [1.54, 1.807) is 0 Å². The summed E-state index contributed by atoms with van der Waals surface area (Å²) in [5.74, 6) is -5.51. The number of carbonyl (C=O) groups is 3. The number of halogens is 6. The number of hydrogen-bond donors (Lipinski definition) is 1. The van der Waals surface area contributed by atoms with Gasteiger partial charge in [-0.2, -0.15) is 26.3 Å². The van der Waals surface area contributed by atoms with Gasteiger partial charge in [0, 0.05) is 13.6 Å². The molecule has 0 aromatic heterocycles. The second-order valence-corrected chi connectivity index (χ2v) is 4.77. The van der Waals surface area contributed by atoms with Crippen LogP contribution in [0.4, 0.5) is 26.3 Å². The maximum absolute atomic E-state index is 12.2. The summed E-state index contributed by atoms with van der Waals surface area (Å²) in [5.41, 5.74) is 0. The Kier molecular flexibility index (Phi) is 8.00. The van der Waals surface area contributed by atoms with Crippen molar-refractivity contribution in [2.75, 3.05) is 20.7 Å². The highest BCUT2D eigenvalue weighted by atomic mass is 19.4. The van der Waals surface area contributed by atoms with Crippen molar-refractivity contribution in [1.29, 1.82) is 0 Å². The van der Waals surface area contributed by atoms with Crippen LogP contribution < -0.4 is 5.32 Å². The average Bonchev–Trinajstić information content (AvgIpc) is 2.46. The normalized spacial score (nSPS) is 13.2. The summed E-state index contributed by atoms with van der Waals surface area (Å²) in [6.07, 6.45) is -10.5. The summed E-state index contributed by atoms with van der Waals surface area (Å²) in [6.45, 7) is -0.320. The Morgan fingerprint density at radius 2 is 1.58 bits per heavy atom. The molecule has 0 heterocycles. The van der Waals surface area contributed by atoms with E-state index in [4.69, 9.17) is 0 Å². The van der Waals surface area contributed by atoms with E-state index in [-0.39, 0.29) is 25.8 Å². The van der Waals surface area contributed by atoms with E-state index in [2.05, 4.69) is 4.74 Å². The molecule has 0 aliphatic rings. The van der Waals surface area contributed by atoms with Gasteiger partial charge in [-0.15, -0.1) is 0 Å². The number of unbranched alkanes of at least 4 members (excludes halogenated alkanes) is 1. The summed E-state index contributed by atoms with van der Waals surface area (Å²) in [6, 6.07) is -1.59. The molecule has 0 rings (SSSR count). The summed E-state index contributed by atoms with van der Waals surface area (Å²) in [7, 11) is 1.82. The zero-order chi connectivity index (χ0) is 19.1. The molecule has 0 aromatic rings. The van der Waals surface area contributed by atoms with Crippen LogP contribution >= 0.6 is 0 Å². The molecule has 0 aromatic carbocycles. The predicted molar refractivity (Wildman–Crippen MR) is 67.5 cm³/mol. The van der Waals surface area contributed by atoms with Crippen LogP contribution in [0, 0.1) is 0 Å². The number of nitrogens with one attached hydrogen (secondary N) is 1. The maximum Gasteiger partial charge on any atom is 0.471 e. The quantitative estimate of drug-likeness (QED) is 0.420. The first-order valence-corrected chi connectivity index (χ1v) is 6.58. The molecule has 0 saturated carbocycles. The standard InChI is InChI=1S/C12H16F6N2O4/c1-20(10(23)12(16,17)18)6-4-3-5-7(8(21)24-2)19-9(22)11(13,14)15/h7H,3-6H2,1-2H3,(H,19,22). The van der Waals surface area contributed by atoms with Crippen molar-refractivity contribution in [1.82, 2.24) is 10.2 Å². The summed E-state index contributed by atoms with van der Waals surface area (Å²) >= 11 is 0. The van der Waals surface area contributed by atoms with Crippen LogP contribution in [-0.2, 0) is 19.1 Å². The Balaban J connectivity index is 4.47. The number of ether oxygens (including phenoxy) is 1. The molecule has 1 atom stereocenters. The topological polar surface area (TPSA) is 75.7 Å². The fraction of sp³-hybridized carbons (Fsp3) is 0.750. The van der Waals surface area contributed by atoms with Crippen LogP contribution in [-0.4, -0.2) is 61.8 Å². The maximum atomic E-state index is 12.2. The van der Waals surface area contributed by atoms with E-state index in [9.17, 15) is 40.7 Å². The Labute approximate surface area is 133 Å². The number of methoxy groups -OCH3 is 1. The third-order valence-corrected chi connectivity index (χ3v) is 2.87. The van der Waals surface area contributed by atoms with Crippen LogP contribution in [0.25, 0.3) is 0 Å². The van der Waals surface area contributed by atoms with E-state index < -0.39 is 36.2 Å². The van der Waals surface area contributed by atoms with Gasteiger partial charge in [0.25, 0.3) is 0 Å². The Hall–Kier alpha value is -2.01. The molecule has 1 unspecified atom stereocenters. The van der Waals surface area contributed by atoms with Crippen molar-refractivity contribution in [3.63, 3.8) is 0 Å². The fourth-order valence-electron chi connectivity index (χ4n) is 1.65. The lowest BCUT2D eigenvalue weighted by atomic mass is 10.1. The molecule has 6 nitrogen and oxygen atoms in total. The molecule has 0 aliphatic carbocycles. The summed E-state index contributed by atoms with van der Waals surface area (Å²) in [5, 5.41) is 1.44. The highest BCUT2D eigenvalue weighted by Gasteiger charge is 2.42. The fourth-order valence-corrected chi connectivity index (χ4v) is 1.65. The molecule has 12 heteroatoms. The van der Waals surface area contributed by atoms with Gasteiger partial charge in [0.1, 0.15) is 6.04 Å². The molecule has 0 radical (unpaired) electrons. The van der Waals surface area contributed by atoms with Crippen molar-refractivity contribution >= 4 is 17.8 Å². The molecule has 2 amide bonds. The third kappa shape index (κ3) is 7.51. The molecular weight excluding hydrogens is 350 g/mol. The van der Waals surface area contributed by atoms with Gasteiger partial charge in [-0.25, -0.2) is 4.79 Å². The van der Waals surface area contributed by atoms with E-state index in [0.29, 0.717) is 4.90 Å². The molecule has 0 spiro atoms. The Bertz CT molecular complexity index is 463. The van der Waals surface area contributed by atoms with Crippen LogP contribution in [0.15, 0.2) is 0 Å². The molecule has 0 fully saturated rings. The minimum atomic E-state index is -5.19. The molecule has 0 saturated heterocycles. The minimum absolute atomic E-state index is 0.0201. The van der Waals surface area contributed by atoms with E-state index >= 15 is 0 Å². The van der Waals surface area contributed by atoms with Crippen molar-refractivity contribution in [3.8, 4) is 0 Å². The van der Waals surface area contributed by atoms with Gasteiger partial charge in [-0.05, 0) is 19.3 Å². The van der Waals surface area contributed by atoms with Gasteiger partial charge in [-0.3, -0.25) is 9.59 Å². The first-order valence-electron chi connectivity index (χ1n) is 6.58. The van der Waals surface area contributed by atoms with Crippen molar-refractivity contribution in [2.24, 2.45) is 0 Å². The van der Waals surface area contributed by atoms with Gasteiger partial charge in [0.2, 0.25) is 0 Å². The van der Waals surface area contributed by atoms with Gasteiger partial charge < -0.3 is 15.0 Å². The number of rotatable bonds is 7. The monoisotopic (exact) mass is 366 g/mol. The van der Waals surface area contributed by atoms with Crippen LogP contribution in [0.5, 0.6) is 0 Å². The number of amides is 2. The first kappa shape index (κ1) is 22.0. The summed E-state index contributed by atoms with van der Waals surface area (Å²) < 4.78 is 77.1. The van der Waals surface area contributed by atoms with Gasteiger partial charge >= 0.3 is 30.1 Å². The number of nitrogens with zero attached hydrogens (tertiary/aromatic N) is 1. The van der Waals surface area contributed by atoms with Crippen LogP contribution in [0.1, 0.15) is 19.3 Å². The van der Waals surface area contributed by atoms with Gasteiger partial charge in [0.05, 0.1) is 7.11 Å². The lowest BCUT2D eigenvalue weighted by Crippen LogP contribution is -2.47. The molecule has 1 N–H and O–H groups in total.